The zero-order valence-electron chi connectivity index (χ0n) is 13.3. The first-order chi connectivity index (χ1) is 9.35. The molecule has 1 unspecified atom stereocenters. The van der Waals surface area contributed by atoms with E-state index in [2.05, 4.69) is 38.1 Å². The second-order valence-corrected chi connectivity index (χ2v) is 5.82. The molecule has 0 heterocycles. The quantitative estimate of drug-likeness (QED) is 0.828. The third kappa shape index (κ3) is 3.60. The minimum Gasteiger partial charge on any atom is -0.480 e. The number of rotatable bonds is 7. The lowest BCUT2D eigenvalue weighted by Crippen LogP contribution is -2.53. The van der Waals surface area contributed by atoms with Crippen LogP contribution in [-0.4, -0.2) is 34.6 Å². The molecule has 0 saturated heterocycles. The maximum atomic E-state index is 11.7. The van der Waals surface area contributed by atoms with Crippen molar-refractivity contribution in [3.8, 4) is 0 Å². The molecule has 1 atom stereocenters. The molecular formula is C17H27NO2. The molecule has 0 aliphatic carbocycles. The minimum atomic E-state index is -0.844. The van der Waals surface area contributed by atoms with Crippen molar-refractivity contribution in [1.29, 1.82) is 0 Å². The number of benzene rings is 1. The van der Waals surface area contributed by atoms with Crippen LogP contribution in [0.4, 0.5) is 0 Å². The van der Waals surface area contributed by atoms with Crippen LogP contribution in [-0.2, 0) is 11.2 Å². The summed E-state index contributed by atoms with van der Waals surface area (Å²) >= 11 is 0. The van der Waals surface area contributed by atoms with Gasteiger partial charge in [-0.05, 0) is 37.1 Å². The average Bonchev–Trinajstić information content (AvgIpc) is 2.40. The van der Waals surface area contributed by atoms with Gasteiger partial charge in [0.05, 0.1) is 0 Å². The number of carboxylic acids is 1. The number of carbonyl (C=O) groups is 1. The Balaban J connectivity index is 2.99. The predicted octanol–water partition coefficient (Wildman–Crippen LogP) is 3.54. The van der Waals surface area contributed by atoms with Gasteiger partial charge in [-0.15, -0.1) is 0 Å². The molecule has 0 amide bonds. The fourth-order valence-corrected chi connectivity index (χ4v) is 2.66. The molecule has 0 radical (unpaired) electrons. The van der Waals surface area contributed by atoms with E-state index in [4.69, 9.17) is 0 Å². The lowest BCUT2D eigenvalue weighted by molar-refractivity contribution is -0.150. The maximum Gasteiger partial charge on any atom is 0.324 e. The summed E-state index contributed by atoms with van der Waals surface area (Å²) in [4.78, 5) is 13.7. The van der Waals surface area contributed by atoms with Crippen molar-refractivity contribution in [3.63, 3.8) is 0 Å². The molecule has 0 aliphatic rings. The fraction of sp³-hybridized carbons (Fsp3) is 0.588. The fourth-order valence-electron chi connectivity index (χ4n) is 2.66. The summed E-state index contributed by atoms with van der Waals surface area (Å²) in [6, 6.07) is 8.31. The highest BCUT2D eigenvalue weighted by atomic mass is 16.4. The van der Waals surface area contributed by atoms with E-state index in [0.717, 1.165) is 18.7 Å². The SMILES string of the molecule is CCN(CC)C(C)(Cc1ccc(C(C)C)cc1)C(=O)O. The van der Waals surface area contributed by atoms with Crippen LogP contribution in [0.2, 0.25) is 0 Å². The molecule has 0 spiro atoms. The molecule has 0 saturated carbocycles. The number of nitrogens with zero attached hydrogens (tertiary/aromatic N) is 1. The third-order valence-electron chi connectivity index (χ3n) is 4.12. The molecule has 1 rings (SSSR count). The Morgan fingerprint density at radius 3 is 2.05 bits per heavy atom. The monoisotopic (exact) mass is 277 g/mol. The molecular weight excluding hydrogens is 250 g/mol. The number of aliphatic carboxylic acids is 1. The van der Waals surface area contributed by atoms with E-state index >= 15 is 0 Å². The van der Waals surface area contributed by atoms with E-state index in [1.165, 1.54) is 5.56 Å². The van der Waals surface area contributed by atoms with Gasteiger partial charge < -0.3 is 5.11 Å². The van der Waals surface area contributed by atoms with E-state index in [0.29, 0.717) is 12.3 Å². The van der Waals surface area contributed by atoms with Crippen LogP contribution in [0.1, 0.15) is 51.7 Å². The van der Waals surface area contributed by atoms with Gasteiger partial charge in [-0.3, -0.25) is 9.69 Å². The smallest absolute Gasteiger partial charge is 0.324 e. The van der Waals surface area contributed by atoms with Crippen molar-refractivity contribution >= 4 is 5.97 Å². The normalized spacial score (nSPS) is 14.6. The Labute approximate surface area is 122 Å². The Kier molecular flexibility index (Phi) is 5.75. The van der Waals surface area contributed by atoms with E-state index in [-0.39, 0.29) is 0 Å². The molecule has 3 heteroatoms. The summed E-state index contributed by atoms with van der Waals surface area (Å²) in [6.07, 6.45) is 0.530. The molecule has 0 aliphatic heterocycles. The molecule has 1 N–H and O–H groups in total. The van der Waals surface area contributed by atoms with E-state index in [1.807, 2.05) is 25.7 Å². The van der Waals surface area contributed by atoms with Crippen LogP contribution in [0.15, 0.2) is 24.3 Å². The molecule has 0 aromatic heterocycles. The molecule has 1 aromatic carbocycles. The van der Waals surface area contributed by atoms with Gasteiger partial charge in [0.15, 0.2) is 0 Å². The standard InChI is InChI=1S/C17H27NO2/c1-6-18(7-2)17(5,16(19)20)12-14-8-10-15(11-9-14)13(3)4/h8-11,13H,6-7,12H2,1-5H3,(H,19,20). The third-order valence-corrected chi connectivity index (χ3v) is 4.12. The molecule has 0 fully saturated rings. The minimum absolute atomic E-state index is 0.498. The zero-order valence-corrected chi connectivity index (χ0v) is 13.3. The maximum absolute atomic E-state index is 11.7. The van der Waals surface area contributed by atoms with Crippen molar-refractivity contribution in [1.82, 2.24) is 4.90 Å². The van der Waals surface area contributed by atoms with E-state index in [1.54, 1.807) is 0 Å². The summed E-state index contributed by atoms with van der Waals surface area (Å²) in [5, 5.41) is 9.63. The van der Waals surface area contributed by atoms with Gasteiger partial charge in [-0.25, -0.2) is 0 Å². The highest BCUT2D eigenvalue weighted by molar-refractivity contribution is 5.78. The number of carboxylic acid groups (broad SMARTS) is 1. The van der Waals surface area contributed by atoms with Crippen molar-refractivity contribution in [2.75, 3.05) is 13.1 Å². The molecule has 1 aromatic rings. The van der Waals surface area contributed by atoms with Crippen molar-refractivity contribution < 1.29 is 9.90 Å². The highest BCUT2D eigenvalue weighted by Crippen LogP contribution is 2.23. The second kappa shape index (κ2) is 6.89. The lowest BCUT2D eigenvalue weighted by atomic mass is 9.89. The summed E-state index contributed by atoms with van der Waals surface area (Å²) in [5.74, 6) is -0.258. The number of hydrogen-bond donors (Lipinski definition) is 1. The highest BCUT2D eigenvalue weighted by Gasteiger charge is 2.38. The van der Waals surface area contributed by atoms with Crippen LogP contribution in [0.3, 0.4) is 0 Å². The summed E-state index contributed by atoms with van der Waals surface area (Å²) in [7, 11) is 0. The topological polar surface area (TPSA) is 40.5 Å². The van der Waals surface area contributed by atoms with Gasteiger partial charge in [-0.1, -0.05) is 52.0 Å². The van der Waals surface area contributed by atoms with Gasteiger partial charge in [-0.2, -0.15) is 0 Å². The van der Waals surface area contributed by atoms with Gasteiger partial charge >= 0.3 is 5.97 Å². The first-order valence-electron chi connectivity index (χ1n) is 7.42. The summed E-state index contributed by atoms with van der Waals surface area (Å²) in [5.41, 5.74) is 1.52. The Morgan fingerprint density at radius 1 is 1.20 bits per heavy atom. The summed E-state index contributed by atoms with van der Waals surface area (Å²) < 4.78 is 0. The summed E-state index contributed by atoms with van der Waals surface area (Å²) in [6.45, 7) is 11.6. The number of likely N-dealkylation sites (N-methyl/N-ethyl adjacent to an activating group) is 1. The van der Waals surface area contributed by atoms with Gasteiger partial charge in [0.2, 0.25) is 0 Å². The Morgan fingerprint density at radius 2 is 1.70 bits per heavy atom. The van der Waals surface area contributed by atoms with Crippen LogP contribution < -0.4 is 0 Å². The molecule has 0 bridgehead atoms. The largest absolute Gasteiger partial charge is 0.480 e. The lowest BCUT2D eigenvalue weighted by Gasteiger charge is -2.36. The second-order valence-electron chi connectivity index (χ2n) is 5.82. The van der Waals surface area contributed by atoms with Crippen LogP contribution in [0.25, 0.3) is 0 Å². The number of hydrogen-bond acceptors (Lipinski definition) is 2. The van der Waals surface area contributed by atoms with Crippen LogP contribution in [0.5, 0.6) is 0 Å². The first kappa shape index (κ1) is 16.7. The first-order valence-corrected chi connectivity index (χ1v) is 7.42. The Hall–Kier alpha value is -1.35. The van der Waals surface area contributed by atoms with Crippen molar-refractivity contribution in [3.05, 3.63) is 35.4 Å². The van der Waals surface area contributed by atoms with Crippen molar-refractivity contribution in [2.45, 2.75) is 52.5 Å². The van der Waals surface area contributed by atoms with Gasteiger partial charge in [0.25, 0.3) is 0 Å². The van der Waals surface area contributed by atoms with Gasteiger partial charge in [0.1, 0.15) is 5.54 Å². The predicted molar refractivity (Wildman–Crippen MR) is 83.2 cm³/mol. The average molecular weight is 277 g/mol. The molecule has 20 heavy (non-hydrogen) atoms. The van der Waals surface area contributed by atoms with Crippen LogP contribution >= 0.6 is 0 Å². The molecule has 3 nitrogen and oxygen atoms in total. The van der Waals surface area contributed by atoms with E-state index in [9.17, 15) is 9.90 Å². The van der Waals surface area contributed by atoms with Gasteiger partial charge in [0, 0.05) is 6.42 Å². The molecule has 112 valence electrons. The van der Waals surface area contributed by atoms with Crippen LogP contribution in [0, 0.1) is 0 Å². The van der Waals surface area contributed by atoms with E-state index < -0.39 is 11.5 Å². The zero-order chi connectivity index (χ0) is 15.3. The Bertz CT molecular complexity index is 435. The van der Waals surface area contributed by atoms with Crippen molar-refractivity contribution in [2.24, 2.45) is 0 Å².